The van der Waals surface area contributed by atoms with Gasteiger partial charge in [0.05, 0.1) is 18.8 Å². The molecular weight excluding hydrogens is 391 g/mol. The first-order valence-corrected chi connectivity index (χ1v) is 10.6. The van der Waals surface area contributed by atoms with Crippen molar-refractivity contribution in [2.45, 2.75) is 31.8 Å². The molecule has 0 bridgehead atoms. The minimum absolute atomic E-state index is 0.0648. The van der Waals surface area contributed by atoms with Crippen molar-refractivity contribution in [1.82, 2.24) is 19.9 Å². The molecular formula is C25H23FN4O. The standard InChI is InChI=1S/C25H23FN4O/c26-21-13-11-19(12-14-21)24-10-3-4-15-30(24)25(31)23-17-29(28-27-23)16-20-8-5-7-18-6-1-2-9-22(18)20/h1-2,5-9,11-14,17,24H,3-4,10,15-16H2/t24-/m1/s1. The van der Waals surface area contributed by atoms with Crippen LogP contribution in [0.1, 0.15) is 46.9 Å². The number of carbonyl (C=O) groups is 1. The van der Waals surface area contributed by atoms with Crippen LogP contribution in [0.5, 0.6) is 0 Å². The van der Waals surface area contributed by atoms with Gasteiger partial charge >= 0.3 is 0 Å². The summed E-state index contributed by atoms with van der Waals surface area (Å²) in [5.41, 5.74) is 2.43. The molecule has 1 aliphatic heterocycles. The highest BCUT2D eigenvalue weighted by Gasteiger charge is 2.30. The largest absolute Gasteiger partial charge is 0.330 e. The molecule has 0 N–H and O–H groups in total. The summed E-state index contributed by atoms with van der Waals surface area (Å²) >= 11 is 0. The van der Waals surface area contributed by atoms with Gasteiger partial charge in [0.1, 0.15) is 5.82 Å². The number of amides is 1. The third-order valence-corrected chi connectivity index (χ3v) is 5.99. The number of piperidine rings is 1. The number of rotatable bonds is 4. The van der Waals surface area contributed by atoms with E-state index in [-0.39, 0.29) is 17.8 Å². The molecule has 0 saturated carbocycles. The quantitative estimate of drug-likeness (QED) is 0.473. The number of nitrogens with zero attached hydrogens (tertiary/aromatic N) is 4. The van der Waals surface area contributed by atoms with Gasteiger partial charge in [-0.2, -0.15) is 0 Å². The lowest BCUT2D eigenvalue weighted by atomic mass is 9.95. The number of aromatic nitrogens is 3. The molecule has 156 valence electrons. The van der Waals surface area contributed by atoms with Crippen LogP contribution in [-0.2, 0) is 6.54 Å². The number of carbonyl (C=O) groups excluding carboxylic acids is 1. The van der Waals surface area contributed by atoms with Gasteiger partial charge in [-0.15, -0.1) is 5.10 Å². The van der Waals surface area contributed by atoms with E-state index in [1.165, 1.54) is 22.9 Å². The number of hydrogen-bond donors (Lipinski definition) is 0. The third-order valence-electron chi connectivity index (χ3n) is 5.99. The maximum atomic E-state index is 13.4. The van der Waals surface area contributed by atoms with Crippen molar-refractivity contribution in [2.24, 2.45) is 0 Å². The summed E-state index contributed by atoms with van der Waals surface area (Å²) < 4.78 is 15.1. The van der Waals surface area contributed by atoms with E-state index in [2.05, 4.69) is 34.6 Å². The molecule has 1 amide bonds. The molecule has 3 aromatic carbocycles. The van der Waals surface area contributed by atoms with Crippen molar-refractivity contribution in [3.63, 3.8) is 0 Å². The van der Waals surface area contributed by atoms with Gasteiger partial charge in [0.25, 0.3) is 5.91 Å². The molecule has 0 spiro atoms. The zero-order valence-electron chi connectivity index (χ0n) is 17.1. The third kappa shape index (κ3) is 3.93. The Morgan fingerprint density at radius 3 is 2.68 bits per heavy atom. The highest BCUT2D eigenvalue weighted by Crippen LogP contribution is 2.32. The minimum atomic E-state index is -0.270. The second kappa shape index (κ2) is 8.30. The lowest BCUT2D eigenvalue weighted by Crippen LogP contribution is -2.38. The molecule has 4 aromatic rings. The van der Waals surface area contributed by atoms with Crippen molar-refractivity contribution < 1.29 is 9.18 Å². The summed E-state index contributed by atoms with van der Waals surface area (Å²) in [6.45, 7) is 1.21. The number of benzene rings is 3. The van der Waals surface area contributed by atoms with E-state index in [0.29, 0.717) is 18.8 Å². The molecule has 2 heterocycles. The first-order valence-electron chi connectivity index (χ1n) is 10.6. The molecule has 0 unspecified atom stereocenters. The Hall–Kier alpha value is -3.54. The van der Waals surface area contributed by atoms with E-state index in [4.69, 9.17) is 0 Å². The second-order valence-electron chi connectivity index (χ2n) is 8.00. The fraction of sp³-hybridized carbons (Fsp3) is 0.240. The monoisotopic (exact) mass is 414 g/mol. The zero-order chi connectivity index (χ0) is 21.2. The average molecular weight is 414 g/mol. The second-order valence-corrected chi connectivity index (χ2v) is 8.00. The molecule has 1 aromatic heterocycles. The van der Waals surface area contributed by atoms with Crippen molar-refractivity contribution in [1.29, 1.82) is 0 Å². The highest BCUT2D eigenvalue weighted by atomic mass is 19.1. The van der Waals surface area contributed by atoms with Crippen LogP contribution in [0.15, 0.2) is 72.9 Å². The fourth-order valence-electron chi connectivity index (χ4n) is 4.43. The SMILES string of the molecule is O=C(c1cn(Cc2cccc3ccccc23)nn1)N1CCCC[C@@H]1c1ccc(F)cc1. The van der Waals surface area contributed by atoms with Crippen LogP contribution >= 0.6 is 0 Å². The molecule has 1 atom stereocenters. The fourth-order valence-corrected chi connectivity index (χ4v) is 4.43. The van der Waals surface area contributed by atoms with Gasteiger partial charge in [-0.3, -0.25) is 4.79 Å². The molecule has 31 heavy (non-hydrogen) atoms. The van der Waals surface area contributed by atoms with Crippen LogP contribution in [0.3, 0.4) is 0 Å². The Balaban J connectivity index is 1.38. The summed E-state index contributed by atoms with van der Waals surface area (Å²) in [5, 5.41) is 10.7. The van der Waals surface area contributed by atoms with E-state index < -0.39 is 0 Å². The number of fused-ring (bicyclic) bond motifs is 1. The summed E-state index contributed by atoms with van der Waals surface area (Å²) in [7, 11) is 0. The molecule has 1 aliphatic rings. The number of likely N-dealkylation sites (tertiary alicyclic amines) is 1. The first kappa shape index (κ1) is 19.4. The molecule has 6 heteroatoms. The Morgan fingerprint density at radius 1 is 1.00 bits per heavy atom. The lowest BCUT2D eigenvalue weighted by Gasteiger charge is -2.35. The lowest BCUT2D eigenvalue weighted by molar-refractivity contribution is 0.0605. The summed E-state index contributed by atoms with van der Waals surface area (Å²) in [6.07, 6.45) is 4.58. The Morgan fingerprint density at radius 2 is 1.81 bits per heavy atom. The smallest absolute Gasteiger partial charge is 0.276 e. The normalized spacial score (nSPS) is 16.5. The van der Waals surface area contributed by atoms with Gasteiger partial charge in [0.2, 0.25) is 0 Å². The maximum Gasteiger partial charge on any atom is 0.276 e. The van der Waals surface area contributed by atoms with Crippen molar-refractivity contribution in [3.05, 3.63) is 95.6 Å². The maximum absolute atomic E-state index is 13.4. The van der Waals surface area contributed by atoms with Crippen LogP contribution in [0, 0.1) is 5.82 Å². The molecule has 1 fully saturated rings. The Bertz CT molecular complexity index is 1210. The summed E-state index contributed by atoms with van der Waals surface area (Å²) in [5.74, 6) is -0.396. The van der Waals surface area contributed by atoms with Gasteiger partial charge < -0.3 is 4.90 Å². The van der Waals surface area contributed by atoms with Gasteiger partial charge in [-0.05, 0) is 53.3 Å². The van der Waals surface area contributed by atoms with Gasteiger partial charge in [0, 0.05) is 6.54 Å². The molecule has 5 rings (SSSR count). The van der Waals surface area contributed by atoms with E-state index in [9.17, 15) is 9.18 Å². The predicted molar refractivity (Wildman–Crippen MR) is 117 cm³/mol. The molecule has 0 radical (unpaired) electrons. The van der Waals surface area contributed by atoms with Crippen LogP contribution < -0.4 is 0 Å². The molecule has 5 nitrogen and oxygen atoms in total. The summed E-state index contributed by atoms with van der Waals surface area (Å²) in [4.78, 5) is 15.1. The zero-order valence-corrected chi connectivity index (χ0v) is 17.1. The predicted octanol–water partition coefficient (Wildman–Crippen LogP) is 4.99. The Labute approximate surface area is 180 Å². The van der Waals surface area contributed by atoms with Gasteiger partial charge in [0.15, 0.2) is 5.69 Å². The van der Waals surface area contributed by atoms with Crippen molar-refractivity contribution in [3.8, 4) is 0 Å². The number of hydrogen-bond acceptors (Lipinski definition) is 3. The van der Waals surface area contributed by atoms with Gasteiger partial charge in [-0.25, -0.2) is 9.07 Å². The molecule has 1 saturated heterocycles. The Kier molecular flexibility index (Phi) is 5.20. The molecule has 0 aliphatic carbocycles. The van der Waals surface area contributed by atoms with E-state index in [0.717, 1.165) is 30.4 Å². The van der Waals surface area contributed by atoms with Crippen LogP contribution in [0.4, 0.5) is 4.39 Å². The van der Waals surface area contributed by atoms with Crippen molar-refractivity contribution >= 4 is 16.7 Å². The minimum Gasteiger partial charge on any atom is -0.330 e. The van der Waals surface area contributed by atoms with Crippen molar-refractivity contribution in [2.75, 3.05) is 6.54 Å². The van der Waals surface area contributed by atoms with E-state index >= 15 is 0 Å². The van der Waals surface area contributed by atoms with Crippen LogP contribution in [0.25, 0.3) is 10.8 Å². The average Bonchev–Trinajstić information content (AvgIpc) is 3.28. The topological polar surface area (TPSA) is 51.0 Å². The van der Waals surface area contributed by atoms with E-state index in [1.54, 1.807) is 23.0 Å². The number of halogens is 1. The van der Waals surface area contributed by atoms with E-state index in [1.807, 2.05) is 23.1 Å². The van der Waals surface area contributed by atoms with Crippen LogP contribution in [-0.4, -0.2) is 32.3 Å². The highest BCUT2D eigenvalue weighted by molar-refractivity contribution is 5.92. The first-order chi connectivity index (χ1) is 15.2. The van der Waals surface area contributed by atoms with Crippen LogP contribution in [0.2, 0.25) is 0 Å². The summed E-state index contributed by atoms with van der Waals surface area (Å²) in [6, 6.07) is 20.8. The van der Waals surface area contributed by atoms with Gasteiger partial charge in [-0.1, -0.05) is 59.8 Å².